The van der Waals surface area contributed by atoms with Gasteiger partial charge in [0.15, 0.2) is 0 Å². The SMILES string of the molecule is CC(=O)Nc1ccc(C=NNc2ccc([N+](=O)[O-])cc2S(=O)(=O)Nc2ccc(C)cc2C)cc1. The molecule has 0 aromatic heterocycles. The summed E-state index contributed by atoms with van der Waals surface area (Å²) in [4.78, 5) is 21.4. The molecule has 0 saturated heterocycles. The van der Waals surface area contributed by atoms with E-state index in [1.807, 2.05) is 13.0 Å². The molecular formula is C23H23N5O5S. The lowest BCUT2D eigenvalue weighted by molar-refractivity contribution is -0.385. The van der Waals surface area contributed by atoms with Gasteiger partial charge in [0.1, 0.15) is 4.90 Å². The van der Waals surface area contributed by atoms with E-state index in [9.17, 15) is 23.3 Å². The summed E-state index contributed by atoms with van der Waals surface area (Å²) in [6.07, 6.45) is 1.45. The lowest BCUT2D eigenvalue weighted by Crippen LogP contribution is -2.16. The van der Waals surface area contributed by atoms with Gasteiger partial charge in [-0.25, -0.2) is 8.42 Å². The van der Waals surface area contributed by atoms with Crippen molar-refractivity contribution in [2.75, 3.05) is 15.5 Å². The fraction of sp³-hybridized carbons (Fsp3) is 0.130. The molecule has 0 spiro atoms. The van der Waals surface area contributed by atoms with Crippen LogP contribution in [0.3, 0.4) is 0 Å². The average molecular weight is 482 g/mol. The first-order valence-electron chi connectivity index (χ1n) is 10.1. The Morgan fingerprint density at radius 3 is 2.29 bits per heavy atom. The smallest absolute Gasteiger partial charge is 0.270 e. The van der Waals surface area contributed by atoms with Crippen molar-refractivity contribution in [2.45, 2.75) is 25.7 Å². The summed E-state index contributed by atoms with van der Waals surface area (Å²) in [5.74, 6) is -0.190. The topological polar surface area (TPSA) is 143 Å². The first kappa shape index (κ1) is 24.4. The molecule has 10 nitrogen and oxygen atoms in total. The molecule has 11 heteroatoms. The van der Waals surface area contributed by atoms with Gasteiger partial charge in [-0.3, -0.25) is 25.1 Å². The second-order valence-electron chi connectivity index (χ2n) is 7.53. The van der Waals surface area contributed by atoms with Crippen LogP contribution in [0.1, 0.15) is 23.6 Å². The quantitative estimate of drug-likeness (QED) is 0.247. The van der Waals surface area contributed by atoms with E-state index < -0.39 is 14.9 Å². The second-order valence-corrected chi connectivity index (χ2v) is 9.19. The number of hydrogen-bond donors (Lipinski definition) is 3. The molecule has 0 unspecified atom stereocenters. The molecule has 0 bridgehead atoms. The highest BCUT2D eigenvalue weighted by Crippen LogP contribution is 2.29. The Morgan fingerprint density at radius 1 is 1.00 bits per heavy atom. The number of aryl methyl sites for hydroxylation is 2. The number of nitrogens with zero attached hydrogens (tertiary/aromatic N) is 2. The van der Waals surface area contributed by atoms with Gasteiger partial charge >= 0.3 is 0 Å². The molecule has 3 N–H and O–H groups in total. The van der Waals surface area contributed by atoms with Crippen molar-refractivity contribution in [3.63, 3.8) is 0 Å². The van der Waals surface area contributed by atoms with Crippen LogP contribution in [-0.4, -0.2) is 25.5 Å². The van der Waals surface area contributed by atoms with Gasteiger partial charge in [-0.1, -0.05) is 29.8 Å². The third kappa shape index (κ3) is 6.17. The number of non-ortho nitro benzene ring substituents is 1. The van der Waals surface area contributed by atoms with Crippen molar-refractivity contribution in [1.29, 1.82) is 0 Å². The molecular weight excluding hydrogens is 458 g/mol. The number of nitro groups is 1. The van der Waals surface area contributed by atoms with Crippen molar-refractivity contribution in [2.24, 2.45) is 5.10 Å². The van der Waals surface area contributed by atoms with Gasteiger partial charge in [0.05, 0.1) is 22.5 Å². The summed E-state index contributed by atoms with van der Waals surface area (Å²) < 4.78 is 28.8. The standard InChI is InChI=1S/C23H23N5O5S/c1-15-4-10-21(16(2)12-15)27-34(32,33)23-13-20(28(30)31)9-11-22(23)26-24-14-18-5-7-19(8-6-18)25-17(3)29/h4-14,26-27H,1-3H3,(H,25,29). The number of benzene rings is 3. The summed E-state index contributed by atoms with van der Waals surface area (Å²) in [5.41, 5.74) is 5.70. The molecule has 0 aliphatic carbocycles. The summed E-state index contributed by atoms with van der Waals surface area (Å²) in [6.45, 7) is 5.06. The van der Waals surface area contributed by atoms with E-state index in [-0.39, 0.29) is 22.2 Å². The number of hydrazone groups is 1. The van der Waals surface area contributed by atoms with Crippen molar-refractivity contribution in [1.82, 2.24) is 0 Å². The summed E-state index contributed by atoms with van der Waals surface area (Å²) in [5, 5.41) is 18.0. The molecule has 0 fully saturated rings. The van der Waals surface area contributed by atoms with Crippen LogP contribution in [0.15, 0.2) is 70.7 Å². The second kappa shape index (κ2) is 10.1. The van der Waals surface area contributed by atoms with Gasteiger partial charge in [-0.15, -0.1) is 0 Å². The molecule has 0 radical (unpaired) electrons. The monoisotopic (exact) mass is 481 g/mol. The Labute approximate surface area is 196 Å². The summed E-state index contributed by atoms with van der Waals surface area (Å²) in [7, 11) is -4.18. The molecule has 0 saturated carbocycles. The van der Waals surface area contributed by atoms with Crippen molar-refractivity contribution in [3.05, 3.63) is 87.5 Å². The van der Waals surface area contributed by atoms with E-state index >= 15 is 0 Å². The zero-order chi connectivity index (χ0) is 24.9. The van der Waals surface area contributed by atoms with Crippen LogP contribution in [0.2, 0.25) is 0 Å². The van der Waals surface area contributed by atoms with Crippen LogP contribution < -0.4 is 15.5 Å². The van der Waals surface area contributed by atoms with Crippen molar-refractivity contribution < 1.29 is 18.1 Å². The molecule has 3 aromatic carbocycles. The fourth-order valence-electron chi connectivity index (χ4n) is 3.10. The lowest BCUT2D eigenvalue weighted by Gasteiger charge is -2.14. The Kier molecular flexibility index (Phi) is 7.27. The van der Waals surface area contributed by atoms with Crippen LogP contribution in [0.25, 0.3) is 0 Å². The number of nitrogens with one attached hydrogen (secondary N) is 3. The normalized spacial score (nSPS) is 11.3. The van der Waals surface area contributed by atoms with Crippen LogP contribution >= 0.6 is 0 Å². The van der Waals surface area contributed by atoms with Crippen LogP contribution in [0.5, 0.6) is 0 Å². The molecule has 176 valence electrons. The highest BCUT2D eigenvalue weighted by molar-refractivity contribution is 7.92. The van der Waals surface area contributed by atoms with Gasteiger partial charge in [0.25, 0.3) is 15.7 Å². The average Bonchev–Trinajstić information content (AvgIpc) is 2.76. The molecule has 34 heavy (non-hydrogen) atoms. The van der Waals surface area contributed by atoms with E-state index in [0.717, 1.165) is 11.6 Å². The fourth-order valence-corrected chi connectivity index (χ4v) is 4.41. The maximum Gasteiger partial charge on any atom is 0.270 e. The zero-order valence-corrected chi connectivity index (χ0v) is 19.5. The summed E-state index contributed by atoms with van der Waals surface area (Å²) >= 11 is 0. The predicted octanol–water partition coefficient (Wildman–Crippen LogP) is 4.42. The molecule has 0 aliphatic heterocycles. The molecule has 3 aromatic rings. The van der Waals surface area contributed by atoms with E-state index in [1.54, 1.807) is 43.3 Å². The van der Waals surface area contributed by atoms with E-state index in [1.165, 1.54) is 25.3 Å². The number of anilines is 3. The number of hydrogen-bond acceptors (Lipinski definition) is 7. The van der Waals surface area contributed by atoms with Gasteiger partial charge in [-0.2, -0.15) is 5.10 Å². The van der Waals surface area contributed by atoms with Crippen LogP contribution in [0.4, 0.5) is 22.7 Å². The number of amides is 1. The lowest BCUT2D eigenvalue weighted by atomic mass is 10.1. The minimum absolute atomic E-state index is 0.0639. The number of sulfonamides is 1. The molecule has 0 aliphatic rings. The van der Waals surface area contributed by atoms with Gasteiger partial charge in [0, 0.05) is 24.7 Å². The highest BCUT2D eigenvalue weighted by atomic mass is 32.2. The predicted molar refractivity (Wildman–Crippen MR) is 132 cm³/mol. The minimum Gasteiger partial charge on any atom is -0.326 e. The largest absolute Gasteiger partial charge is 0.326 e. The third-order valence-electron chi connectivity index (χ3n) is 4.72. The van der Waals surface area contributed by atoms with Gasteiger partial charge in [0.2, 0.25) is 5.91 Å². The van der Waals surface area contributed by atoms with Crippen LogP contribution in [0, 0.1) is 24.0 Å². The Morgan fingerprint density at radius 2 is 1.68 bits per heavy atom. The third-order valence-corrected chi connectivity index (χ3v) is 6.13. The highest BCUT2D eigenvalue weighted by Gasteiger charge is 2.23. The Balaban J connectivity index is 1.88. The minimum atomic E-state index is -4.18. The number of carbonyl (C=O) groups is 1. The van der Waals surface area contributed by atoms with Crippen molar-refractivity contribution >= 4 is 44.9 Å². The number of rotatable bonds is 8. The van der Waals surface area contributed by atoms with E-state index in [0.29, 0.717) is 22.5 Å². The van der Waals surface area contributed by atoms with E-state index in [4.69, 9.17) is 0 Å². The Hall–Kier alpha value is -4.25. The molecule has 0 atom stereocenters. The first-order chi connectivity index (χ1) is 16.0. The Bertz CT molecular complexity index is 1370. The maximum atomic E-state index is 13.1. The number of nitro benzene ring substituents is 1. The van der Waals surface area contributed by atoms with E-state index in [2.05, 4.69) is 20.6 Å². The maximum absolute atomic E-state index is 13.1. The molecule has 3 rings (SSSR count). The van der Waals surface area contributed by atoms with Crippen molar-refractivity contribution in [3.8, 4) is 0 Å². The molecule has 1 amide bonds. The number of carbonyl (C=O) groups excluding carboxylic acids is 1. The molecule has 0 heterocycles. The zero-order valence-electron chi connectivity index (χ0n) is 18.7. The van der Waals surface area contributed by atoms with Gasteiger partial charge in [-0.05, 0) is 49.2 Å². The van der Waals surface area contributed by atoms with Crippen LogP contribution in [-0.2, 0) is 14.8 Å². The first-order valence-corrected chi connectivity index (χ1v) is 11.6. The summed E-state index contributed by atoms with van der Waals surface area (Å²) in [6, 6.07) is 15.5. The van der Waals surface area contributed by atoms with Gasteiger partial charge < -0.3 is 5.32 Å².